The Kier molecular flexibility index (Phi) is 5.06. The van der Waals surface area contributed by atoms with Crippen molar-refractivity contribution in [1.29, 1.82) is 0 Å². The fourth-order valence-electron chi connectivity index (χ4n) is 3.64. The smallest absolute Gasteiger partial charge is 0.319 e. The van der Waals surface area contributed by atoms with Gasteiger partial charge in [0.15, 0.2) is 0 Å². The Morgan fingerprint density at radius 1 is 1.13 bits per heavy atom. The van der Waals surface area contributed by atoms with E-state index < -0.39 is 0 Å². The minimum atomic E-state index is -0.0984. The lowest BCUT2D eigenvalue weighted by atomic mass is 10.1. The topological polar surface area (TPSA) is 53.6 Å². The quantitative estimate of drug-likeness (QED) is 0.899. The van der Waals surface area contributed by atoms with Crippen LogP contribution in [-0.4, -0.2) is 37.4 Å². The van der Waals surface area contributed by atoms with Gasteiger partial charge in [-0.3, -0.25) is 0 Å². The molecule has 1 aliphatic heterocycles. The molecule has 2 fully saturated rings. The van der Waals surface area contributed by atoms with Crippen LogP contribution < -0.4 is 15.5 Å². The van der Waals surface area contributed by atoms with Gasteiger partial charge < -0.3 is 20.3 Å². The molecule has 126 valence electrons. The molecule has 3 rings (SSSR count). The number of carbonyl (C=O) groups is 1. The fourth-order valence-corrected chi connectivity index (χ4v) is 3.64. The minimum Gasteiger partial charge on any atom is -0.372 e. The van der Waals surface area contributed by atoms with E-state index in [1.165, 1.54) is 12.8 Å². The van der Waals surface area contributed by atoms with Gasteiger partial charge in [-0.15, -0.1) is 0 Å². The Bertz CT molecular complexity index is 533. The van der Waals surface area contributed by atoms with E-state index in [-0.39, 0.29) is 18.2 Å². The molecule has 2 unspecified atom stereocenters. The predicted molar refractivity (Wildman–Crippen MR) is 93.1 cm³/mol. The largest absolute Gasteiger partial charge is 0.372 e. The third-order valence-electron chi connectivity index (χ3n) is 4.60. The van der Waals surface area contributed by atoms with Gasteiger partial charge in [-0.1, -0.05) is 25.0 Å². The molecule has 2 N–H and O–H groups in total. The number of benzene rings is 1. The first kappa shape index (κ1) is 16.1. The normalized spacial score (nSPS) is 25.4. The number of urea groups is 1. The Balaban J connectivity index is 1.68. The van der Waals surface area contributed by atoms with E-state index in [0.717, 1.165) is 37.3 Å². The second-order valence-corrected chi connectivity index (χ2v) is 6.76. The monoisotopic (exact) mass is 317 g/mol. The molecule has 2 aliphatic rings. The van der Waals surface area contributed by atoms with Crippen molar-refractivity contribution in [2.24, 2.45) is 0 Å². The number of hydrogen-bond acceptors (Lipinski definition) is 3. The SMILES string of the molecule is CC1CN(c2ccccc2NC(=O)NC2CCCC2)CC(C)O1. The van der Waals surface area contributed by atoms with Gasteiger partial charge in [-0.05, 0) is 38.8 Å². The number of para-hydroxylation sites is 2. The molecule has 1 aromatic rings. The molecule has 0 spiro atoms. The first-order chi connectivity index (χ1) is 11.1. The summed E-state index contributed by atoms with van der Waals surface area (Å²) >= 11 is 0. The van der Waals surface area contributed by atoms with Crippen molar-refractivity contribution in [2.45, 2.75) is 57.8 Å². The molecule has 1 heterocycles. The van der Waals surface area contributed by atoms with Crippen LogP contribution in [0.25, 0.3) is 0 Å². The molecule has 0 radical (unpaired) electrons. The summed E-state index contributed by atoms with van der Waals surface area (Å²) in [6.45, 7) is 5.86. The van der Waals surface area contributed by atoms with Crippen molar-refractivity contribution in [1.82, 2.24) is 5.32 Å². The predicted octanol–water partition coefficient (Wildman–Crippen LogP) is 3.36. The van der Waals surface area contributed by atoms with Gasteiger partial charge in [0.2, 0.25) is 0 Å². The van der Waals surface area contributed by atoms with Crippen LogP contribution in [0.5, 0.6) is 0 Å². The maximum Gasteiger partial charge on any atom is 0.319 e. The maximum atomic E-state index is 12.3. The van der Waals surface area contributed by atoms with Crippen molar-refractivity contribution >= 4 is 17.4 Å². The molecular formula is C18H27N3O2. The highest BCUT2D eigenvalue weighted by Crippen LogP contribution is 2.28. The Morgan fingerprint density at radius 2 is 1.78 bits per heavy atom. The van der Waals surface area contributed by atoms with Crippen LogP contribution in [0.4, 0.5) is 16.2 Å². The van der Waals surface area contributed by atoms with Gasteiger partial charge in [0.25, 0.3) is 0 Å². The summed E-state index contributed by atoms with van der Waals surface area (Å²) in [5, 5.41) is 6.11. The van der Waals surface area contributed by atoms with Crippen LogP contribution in [0.3, 0.4) is 0 Å². The maximum absolute atomic E-state index is 12.3. The van der Waals surface area contributed by atoms with Crippen molar-refractivity contribution < 1.29 is 9.53 Å². The third-order valence-corrected chi connectivity index (χ3v) is 4.60. The van der Waals surface area contributed by atoms with Crippen LogP contribution in [0, 0.1) is 0 Å². The summed E-state index contributed by atoms with van der Waals surface area (Å²) in [4.78, 5) is 14.6. The van der Waals surface area contributed by atoms with Crippen molar-refractivity contribution in [3.05, 3.63) is 24.3 Å². The molecule has 1 saturated carbocycles. The Labute approximate surface area is 138 Å². The number of rotatable bonds is 3. The molecule has 1 aliphatic carbocycles. The number of amides is 2. The second-order valence-electron chi connectivity index (χ2n) is 6.76. The molecule has 2 amide bonds. The molecule has 5 nitrogen and oxygen atoms in total. The van der Waals surface area contributed by atoms with Crippen LogP contribution in [0.1, 0.15) is 39.5 Å². The van der Waals surface area contributed by atoms with Crippen molar-refractivity contribution in [3.8, 4) is 0 Å². The number of ether oxygens (including phenoxy) is 1. The third kappa shape index (κ3) is 4.16. The molecule has 1 aromatic carbocycles. The van der Waals surface area contributed by atoms with E-state index in [9.17, 15) is 4.79 Å². The van der Waals surface area contributed by atoms with E-state index >= 15 is 0 Å². The Hall–Kier alpha value is -1.75. The summed E-state index contributed by atoms with van der Waals surface area (Å²) in [7, 11) is 0. The zero-order chi connectivity index (χ0) is 16.2. The molecule has 1 saturated heterocycles. The molecule has 0 bridgehead atoms. The van der Waals surface area contributed by atoms with E-state index in [1.807, 2.05) is 18.2 Å². The zero-order valence-corrected chi connectivity index (χ0v) is 14.0. The van der Waals surface area contributed by atoms with Gasteiger partial charge in [0, 0.05) is 19.1 Å². The number of hydrogen-bond donors (Lipinski definition) is 2. The van der Waals surface area contributed by atoms with Gasteiger partial charge in [-0.25, -0.2) is 4.79 Å². The number of nitrogens with one attached hydrogen (secondary N) is 2. The van der Waals surface area contributed by atoms with E-state index in [1.54, 1.807) is 0 Å². The lowest BCUT2D eigenvalue weighted by Gasteiger charge is -2.37. The second kappa shape index (κ2) is 7.21. The lowest BCUT2D eigenvalue weighted by molar-refractivity contribution is -0.00517. The lowest BCUT2D eigenvalue weighted by Crippen LogP contribution is -2.46. The van der Waals surface area contributed by atoms with Crippen LogP contribution >= 0.6 is 0 Å². The summed E-state index contributed by atoms with van der Waals surface area (Å²) in [6.07, 6.45) is 5.00. The summed E-state index contributed by atoms with van der Waals surface area (Å²) in [6, 6.07) is 8.23. The molecular weight excluding hydrogens is 290 g/mol. The highest BCUT2D eigenvalue weighted by molar-refractivity contribution is 5.93. The molecule has 0 aromatic heterocycles. The van der Waals surface area contributed by atoms with Gasteiger partial charge in [-0.2, -0.15) is 0 Å². The van der Waals surface area contributed by atoms with Crippen molar-refractivity contribution in [3.63, 3.8) is 0 Å². The number of morpholine rings is 1. The summed E-state index contributed by atoms with van der Waals surface area (Å²) < 4.78 is 5.81. The highest BCUT2D eigenvalue weighted by Gasteiger charge is 2.24. The number of carbonyl (C=O) groups excluding carboxylic acids is 1. The van der Waals surface area contributed by atoms with Crippen LogP contribution in [0.15, 0.2) is 24.3 Å². The molecule has 23 heavy (non-hydrogen) atoms. The van der Waals surface area contributed by atoms with Gasteiger partial charge in [0.05, 0.1) is 23.6 Å². The average molecular weight is 317 g/mol. The fraction of sp³-hybridized carbons (Fsp3) is 0.611. The Morgan fingerprint density at radius 3 is 2.48 bits per heavy atom. The van der Waals surface area contributed by atoms with E-state index in [0.29, 0.717) is 6.04 Å². The first-order valence-electron chi connectivity index (χ1n) is 8.69. The van der Waals surface area contributed by atoms with Crippen molar-refractivity contribution in [2.75, 3.05) is 23.3 Å². The number of anilines is 2. The van der Waals surface area contributed by atoms with Gasteiger partial charge >= 0.3 is 6.03 Å². The molecule has 5 heteroatoms. The standard InChI is InChI=1S/C18H27N3O2/c1-13-11-21(12-14(2)23-13)17-10-6-5-9-16(17)20-18(22)19-15-7-3-4-8-15/h5-6,9-10,13-15H,3-4,7-8,11-12H2,1-2H3,(H2,19,20,22). The highest BCUT2D eigenvalue weighted by atomic mass is 16.5. The average Bonchev–Trinajstić information content (AvgIpc) is 2.99. The van der Waals surface area contributed by atoms with Gasteiger partial charge in [0.1, 0.15) is 0 Å². The van der Waals surface area contributed by atoms with Crippen LogP contribution in [-0.2, 0) is 4.74 Å². The van der Waals surface area contributed by atoms with Crippen LogP contribution in [0.2, 0.25) is 0 Å². The summed E-state index contributed by atoms with van der Waals surface area (Å²) in [5.74, 6) is 0. The summed E-state index contributed by atoms with van der Waals surface area (Å²) in [5.41, 5.74) is 1.93. The minimum absolute atomic E-state index is 0.0984. The van der Waals surface area contributed by atoms with E-state index in [4.69, 9.17) is 4.74 Å². The first-order valence-corrected chi connectivity index (χ1v) is 8.69. The number of nitrogens with zero attached hydrogens (tertiary/aromatic N) is 1. The van der Waals surface area contributed by atoms with E-state index in [2.05, 4.69) is 35.4 Å². The molecule has 2 atom stereocenters. The zero-order valence-electron chi connectivity index (χ0n) is 14.0.